The molecule has 120 valence electrons. The zero-order valence-electron chi connectivity index (χ0n) is 12.4. The van der Waals surface area contributed by atoms with Crippen molar-refractivity contribution in [1.82, 2.24) is 4.90 Å². The van der Waals surface area contributed by atoms with Crippen LogP contribution in [0, 0.1) is 10.1 Å². The van der Waals surface area contributed by atoms with Crippen LogP contribution in [0.25, 0.3) is 0 Å². The van der Waals surface area contributed by atoms with Gasteiger partial charge in [-0.1, -0.05) is 25.0 Å². The average Bonchev–Trinajstić information content (AvgIpc) is 3.00. The van der Waals surface area contributed by atoms with Gasteiger partial charge in [0.05, 0.1) is 17.6 Å². The maximum Gasteiger partial charge on any atom is 0.269 e. The first-order valence-electron chi connectivity index (χ1n) is 7.42. The van der Waals surface area contributed by atoms with Crippen LogP contribution in [0.1, 0.15) is 37.4 Å². The number of aliphatic hydroxyl groups is 1. The first-order valence-corrected chi connectivity index (χ1v) is 7.42. The molecule has 0 heterocycles. The molecule has 0 aromatic heterocycles. The highest BCUT2D eigenvalue weighted by atomic mass is 16.6. The largest absolute Gasteiger partial charge is 0.387 e. The fraction of sp³-hybridized carbons (Fsp3) is 0.533. The summed E-state index contributed by atoms with van der Waals surface area (Å²) in [6, 6.07) is 6.18. The van der Waals surface area contributed by atoms with E-state index in [4.69, 9.17) is 5.73 Å². The van der Waals surface area contributed by atoms with Crippen LogP contribution in [-0.4, -0.2) is 40.0 Å². The molecule has 0 spiro atoms. The van der Waals surface area contributed by atoms with Gasteiger partial charge in [-0.05, 0) is 18.4 Å². The molecule has 22 heavy (non-hydrogen) atoms. The van der Waals surface area contributed by atoms with E-state index in [1.807, 2.05) is 4.90 Å². The summed E-state index contributed by atoms with van der Waals surface area (Å²) in [5.74, 6) is -0.432. The molecular weight excluding hydrogens is 286 g/mol. The van der Waals surface area contributed by atoms with Crippen LogP contribution in [0.5, 0.6) is 0 Å². The molecule has 7 heteroatoms. The Kier molecular flexibility index (Phi) is 5.46. The van der Waals surface area contributed by atoms with Crippen molar-refractivity contribution in [3.63, 3.8) is 0 Å². The van der Waals surface area contributed by atoms with E-state index in [0.29, 0.717) is 5.56 Å². The lowest BCUT2D eigenvalue weighted by molar-refractivity contribution is -0.385. The third-order valence-corrected chi connectivity index (χ3v) is 4.07. The molecule has 1 aliphatic carbocycles. The van der Waals surface area contributed by atoms with Gasteiger partial charge in [0, 0.05) is 24.7 Å². The molecule has 3 N–H and O–H groups in total. The number of hydrogen-bond donors (Lipinski definition) is 2. The van der Waals surface area contributed by atoms with E-state index in [1.165, 1.54) is 12.1 Å². The molecule has 1 aromatic rings. The zero-order valence-corrected chi connectivity index (χ0v) is 12.4. The minimum absolute atomic E-state index is 0.0566. The van der Waals surface area contributed by atoms with E-state index >= 15 is 0 Å². The second-order valence-corrected chi connectivity index (χ2v) is 5.70. The Morgan fingerprint density at radius 1 is 1.45 bits per heavy atom. The molecule has 0 bridgehead atoms. The number of rotatable bonds is 7. The fourth-order valence-corrected chi connectivity index (χ4v) is 2.99. The van der Waals surface area contributed by atoms with E-state index < -0.39 is 16.9 Å². The Balaban J connectivity index is 2.09. The van der Waals surface area contributed by atoms with E-state index in [2.05, 4.69) is 0 Å². The molecule has 1 saturated carbocycles. The number of carbonyl (C=O) groups is 1. The highest BCUT2D eigenvalue weighted by Gasteiger charge is 2.26. The lowest BCUT2D eigenvalue weighted by Gasteiger charge is -2.29. The number of nitrogens with two attached hydrogens (primary N) is 1. The molecule has 1 unspecified atom stereocenters. The van der Waals surface area contributed by atoms with Crippen molar-refractivity contribution in [3.05, 3.63) is 39.9 Å². The number of non-ortho nitro benzene ring substituents is 1. The first kappa shape index (κ1) is 16.4. The fourth-order valence-electron chi connectivity index (χ4n) is 2.99. The van der Waals surface area contributed by atoms with Crippen LogP contribution in [0.15, 0.2) is 24.3 Å². The van der Waals surface area contributed by atoms with Gasteiger partial charge in [-0.15, -0.1) is 0 Å². The number of carbonyl (C=O) groups excluding carboxylic acids is 1. The van der Waals surface area contributed by atoms with Crippen LogP contribution in [-0.2, 0) is 4.79 Å². The molecule has 0 saturated heterocycles. The Morgan fingerprint density at radius 3 is 2.73 bits per heavy atom. The quantitative estimate of drug-likeness (QED) is 0.584. The van der Waals surface area contributed by atoms with Crippen molar-refractivity contribution in [2.45, 2.75) is 37.8 Å². The first-order chi connectivity index (χ1) is 10.5. The Morgan fingerprint density at radius 2 is 2.14 bits per heavy atom. The van der Waals surface area contributed by atoms with Crippen LogP contribution < -0.4 is 5.73 Å². The lowest BCUT2D eigenvalue weighted by atomic mass is 10.1. The number of aliphatic hydroxyl groups excluding tert-OH is 1. The number of primary amides is 1. The van der Waals surface area contributed by atoms with Gasteiger partial charge < -0.3 is 10.8 Å². The monoisotopic (exact) mass is 307 g/mol. The molecule has 1 atom stereocenters. The summed E-state index contributed by atoms with van der Waals surface area (Å²) in [5.41, 5.74) is 5.70. The van der Waals surface area contributed by atoms with Crippen LogP contribution in [0.3, 0.4) is 0 Å². The van der Waals surface area contributed by atoms with E-state index in [0.717, 1.165) is 25.7 Å². The molecule has 2 rings (SSSR count). The predicted molar refractivity (Wildman–Crippen MR) is 81.1 cm³/mol. The highest BCUT2D eigenvalue weighted by Crippen LogP contribution is 2.26. The number of benzene rings is 1. The average molecular weight is 307 g/mol. The molecule has 1 aliphatic rings. The van der Waals surface area contributed by atoms with Crippen molar-refractivity contribution >= 4 is 11.6 Å². The van der Waals surface area contributed by atoms with Crippen molar-refractivity contribution in [2.75, 3.05) is 13.1 Å². The van der Waals surface area contributed by atoms with E-state index in [1.54, 1.807) is 12.1 Å². The molecule has 0 aliphatic heterocycles. The summed E-state index contributed by atoms with van der Waals surface area (Å²) >= 11 is 0. The molecule has 0 radical (unpaired) electrons. The van der Waals surface area contributed by atoms with Gasteiger partial charge in [0.2, 0.25) is 5.91 Å². The molecule has 1 amide bonds. The van der Waals surface area contributed by atoms with Gasteiger partial charge in [-0.3, -0.25) is 19.8 Å². The highest BCUT2D eigenvalue weighted by molar-refractivity contribution is 5.76. The SMILES string of the molecule is NC(=O)CN(CC(O)c1cccc([N+](=O)[O-])c1)C1CCCC1. The number of nitro benzene ring substituents is 1. The number of nitrogens with zero attached hydrogens (tertiary/aromatic N) is 2. The summed E-state index contributed by atoms with van der Waals surface area (Å²) in [7, 11) is 0. The van der Waals surface area contributed by atoms with Crippen molar-refractivity contribution in [2.24, 2.45) is 5.73 Å². The Labute approximate surface area is 128 Å². The molecule has 1 fully saturated rings. The second-order valence-electron chi connectivity index (χ2n) is 5.70. The van der Waals surface area contributed by atoms with Crippen LogP contribution in [0.4, 0.5) is 5.69 Å². The van der Waals surface area contributed by atoms with E-state index in [-0.39, 0.29) is 24.8 Å². The van der Waals surface area contributed by atoms with Gasteiger partial charge in [-0.25, -0.2) is 0 Å². The summed E-state index contributed by atoms with van der Waals surface area (Å²) in [6.45, 7) is 0.339. The number of hydrogen-bond acceptors (Lipinski definition) is 5. The summed E-state index contributed by atoms with van der Waals surface area (Å²) in [4.78, 5) is 23.4. The van der Waals surface area contributed by atoms with Crippen LogP contribution >= 0.6 is 0 Å². The molecule has 7 nitrogen and oxygen atoms in total. The van der Waals surface area contributed by atoms with E-state index in [9.17, 15) is 20.0 Å². The Hall–Kier alpha value is -1.99. The summed E-state index contributed by atoms with van der Waals surface area (Å²) in [6.07, 6.45) is 3.28. The van der Waals surface area contributed by atoms with Gasteiger partial charge in [0.1, 0.15) is 0 Å². The molecule has 1 aromatic carbocycles. The van der Waals surface area contributed by atoms with Crippen molar-refractivity contribution in [1.29, 1.82) is 0 Å². The summed E-state index contributed by atoms with van der Waals surface area (Å²) in [5, 5.41) is 21.2. The third kappa shape index (κ3) is 4.25. The van der Waals surface area contributed by atoms with Crippen LogP contribution in [0.2, 0.25) is 0 Å². The predicted octanol–water partition coefficient (Wildman–Crippen LogP) is 1.36. The van der Waals surface area contributed by atoms with Crippen molar-refractivity contribution in [3.8, 4) is 0 Å². The van der Waals surface area contributed by atoms with Gasteiger partial charge in [0.25, 0.3) is 5.69 Å². The molecular formula is C15H21N3O4. The second kappa shape index (κ2) is 7.33. The Bertz CT molecular complexity index is 543. The topological polar surface area (TPSA) is 110 Å². The van der Waals surface area contributed by atoms with Gasteiger partial charge >= 0.3 is 0 Å². The van der Waals surface area contributed by atoms with Gasteiger partial charge in [-0.2, -0.15) is 0 Å². The zero-order chi connectivity index (χ0) is 16.1. The van der Waals surface area contributed by atoms with Gasteiger partial charge in [0.15, 0.2) is 0 Å². The number of amides is 1. The minimum Gasteiger partial charge on any atom is -0.387 e. The maximum absolute atomic E-state index is 11.2. The summed E-state index contributed by atoms with van der Waals surface area (Å²) < 4.78 is 0. The normalized spacial score (nSPS) is 16.8. The third-order valence-electron chi connectivity index (χ3n) is 4.07. The lowest BCUT2D eigenvalue weighted by Crippen LogP contribution is -2.42. The maximum atomic E-state index is 11.2. The minimum atomic E-state index is -0.889. The number of nitro groups is 1. The standard InChI is InChI=1S/C15H21N3O4/c16-15(20)10-17(12-5-1-2-6-12)9-14(19)11-4-3-7-13(8-11)18(21)22/h3-4,7-8,12,14,19H,1-2,5-6,9-10H2,(H2,16,20). The van der Waals surface area contributed by atoms with Crippen molar-refractivity contribution < 1.29 is 14.8 Å². The smallest absolute Gasteiger partial charge is 0.269 e.